The Balaban J connectivity index is 1.79. The average Bonchev–Trinajstić information content (AvgIpc) is 2.56. The molecule has 0 amide bonds. The summed E-state index contributed by atoms with van der Waals surface area (Å²) in [5.74, 6) is -0.506. The lowest BCUT2D eigenvalue weighted by molar-refractivity contribution is -0.142. The largest absolute Gasteiger partial charge is 0.491 e. The first-order chi connectivity index (χ1) is 11.8. The summed E-state index contributed by atoms with van der Waals surface area (Å²) in [5, 5.41) is 8.97. The third-order valence-corrected chi connectivity index (χ3v) is 5.75. The maximum atomic E-state index is 12.3. The number of benzene rings is 1. The first-order valence-electron chi connectivity index (χ1n) is 8.51. The molecule has 2 N–H and O–H groups in total. The highest BCUT2D eigenvalue weighted by Crippen LogP contribution is 2.19. The molecule has 0 radical (unpaired) electrons. The molecule has 8 heteroatoms. The van der Waals surface area contributed by atoms with Crippen LogP contribution < -0.4 is 9.46 Å². The number of ether oxygens (including phenoxy) is 1. The van der Waals surface area contributed by atoms with Crippen LogP contribution in [0.4, 0.5) is 0 Å². The molecule has 1 saturated heterocycles. The van der Waals surface area contributed by atoms with E-state index in [9.17, 15) is 13.2 Å². The number of aliphatic carboxylic acids is 1. The second kappa shape index (κ2) is 8.64. The molecule has 0 unspecified atom stereocenters. The predicted molar refractivity (Wildman–Crippen MR) is 94.8 cm³/mol. The molecule has 1 aliphatic rings. The summed E-state index contributed by atoms with van der Waals surface area (Å²) < 4.78 is 34.0. The lowest BCUT2D eigenvalue weighted by Gasteiger charge is -2.29. The second-order valence-electron chi connectivity index (χ2n) is 6.47. The van der Waals surface area contributed by atoms with Gasteiger partial charge in [-0.2, -0.15) is 12.7 Å². The van der Waals surface area contributed by atoms with Crippen LogP contribution in [0.3, 0.4) is 0 Å². The summed E-state index contributed by atoms with van der Waals surface area (Å²) >= 11 is 0. The molecular formula is C17H26N2O5S. The van der Waals surface area contributed by atoms with E-state index in [1.54, 1.807) is 0 Å². The van der Waals surface area contributed by atoms with Gasteiger partial charge in [0, 0.05) is 19.6 Å². The van der Waals surface area contributed by atoms with E-state index in [-0.39, 0.29) is 19.2 Å². The van der Waals surface area contributed by atoms with Gasteiger partial charge in [0.2, 0.25) is 0 Å². The van der Waals surface area contributed by atoms with Gasteiger partial charge in [-0.05, 0) is 50.8 Å². The minimum absolute atomic E-state index is 0.114. The summed E-state index contributed by atoms with van der Waals surface area (Å²) in [7, 11) is -3.56. The number of carboxylic acid groups (broad SMARTS) is 1. The van der Waals surface area contributed by atoms with Crippen molar-refractivity contribution in [1.82, 2.24) is 9.03 Å². The van der Waals surface area contributed by atoms with E-state index < -0.39 is 22.1 Å². The number of piperidine rings is 1. The molecule has 0 saturated carbocycles. The van der Waals surface area contributed by atoms with Gasteiger partial charge in [0.05, 0.1) is 12.0 Å². The highest BCUT2D eigenvalue weighted by atomic mass is 32.2. The van der Waals surface area contributed by atoms with Crippen molar-refractivity contribution in [1.29, 1.82) is 0 Å². The number of rotatable bonds is 8. The number of carboxylic acids is 1. The van der Waals surface area contributed by atoms with Gasteiger partial charge in [-0.15, -0.1) is 0 Å². The average molecular weight is 370 g/mol. The zero-order chi connectivity index (χ0) is 18.4. The van der Waals surface area contributed by atoms with Gasteiger partial charge in [-0.25, -0.2) is 4.72 Å². The second-order valence-corrected chi connectivity index (χ2v) is 8.23. The quantitative estimate of drug-likeness (QED) is 0.725. The maximum Gasteiger partial charge on any atom is 0.306 e. The van der Waals surface area contributed by atoms with E-state index >= 15 is 0 Å². The SMILES string of the molecule is CC(C)Oc1ccc(CCNS(=O)(=O)N2CCC(C(=O)O)CC2)cc1. The van der Waals surface area contributed by atoms with Crippen LogP contribution in [0.15, 0.2) is 24.3 Å². The third kappa shape index (κ3) is 5.98. The van der Waals surface area contributed by atoms with Crippen molar-refractivity contribution < 1.29 is 23.1 Å². The Bertz CT molecular complexity index is 665. The molecule has 2 rings (SSSR count). The van der Waals surface area contributed by atoms with Gasteiger partial charge < -0.3 is 9.84 Å². The van der Waals surface area contributed by atoms with Crippen LogP contribution in [0.25, 0.3) is 0 Å². The van der Waals surface area contributed by atoms with E-state index in [2.05, 4.69) is 4.72 Å². The molecule has 0 aliphatic carbocycles. The molecule has 0 atom stereocenters. The van der Waals surface area contributed by atoms with E-state index in [1.165, 1.54) is 4.31 Å². The number of hydrogen-bond donors (Lipinski definition) is 2. The Kier molecular flexibility index (Phi) is 6.80. The summed E-state index contributed by atoms with van der Waals surface area (Å²) in [6.45, 7) is 4.70. The molecule has 7 nitrogen and oxygen atoms in total. The Hall–Kier alpha value is -1.64. The van der Waals surface area contributed by atoms with Crippen molar-refractivity contribution in [3.8, 4) is 5.75 Å². The molecule has 1 aromatic carbocycles. The van der Waals surface area contributed by atoms with Crippen LogP contribution in [0.5, 0.6) is 5.75 Å². The van der Waals surface area contributed by atoms with Crippen molar-refractivity contribution in [2.24, 2.45) is 5.92 Å². The minimum atomic E-state index is -3.56. The fourth-order valence-corrected chi connectivity index (χ4v) is 4.00. The predicted octanol–water partition coefficient (Wildman–Crippen LogP) is 1.65. The first-order valence-corrected chi connectivity index (χ1v) is 9.95. The monoisotopic (exact) mass is 370 g/mol. The first kappa shape index (κ1) is 19.7. The molecule has 1 aromatic rings. The Morgan fingerprint density at radius 3 is 2.40 bits per heavy atom. The normalized spacial score (nSPS) is 16.9. The lowest BCUT2D eigenvalue weighted by Crippen LogP contribution is -2.46. The highest BCUT2D eigenvalue weighted by molar-refractivity contribution is 7.87. The maximum absolute atomic E-state index is 12.3. The van der Waals surface area contributed by atoms with E-state index in [4.69, 9.17) is 9.84 Å². The molecular weight excluding hydrogens is 344 g/mol. The zero-order valence-corrected chi connectivity index (χ0v) is 15.5. The summed E-state index contributed by atoms with van der Waals surface area (Å²) in [6, 6.07) is 7.59. The lowest BCUT2D eigenvalue weighted by atomic mass is 9.99. The smallest absolute Gasteiger partial charge is 0.306 e. The Morgan fingerprint density at radius 1 is 1.28 bits per heavy atom. The molecule has 0 bridgehead atoms. The number of carbonyl (C=O) groups is 1. The Labute approximate surface area is 149 Å². The topological polar surface area (TPSA) is 95.9 Å². The van der Waals surface area contributed by atoms with Crippen molar-refractivity contribution in [2.45, 2.75) is 39.2 Å². The van der Waals surface area contributed by atoms with Crippen LogP contribution in [0.2, 0.25) is 0 Å². The van der Waals surface area contributed by atoms with Crippen LogP contribution >= 0.6 is 0 Å². The summed E-state index contributed by atoms with van der Waals surface area (Å²) in [4.78, 5) is 10.9. The van der Waals surface area contributed by atoms with E-state index in [0.29, 0.717) is 25.8 Å². The number of nitrogens with zero attached hydrogens (tertiary/aromatic N) is 1. The van der Waals surface area contributed by atoms with Crippen molar-refractivity contribution in [3.05, 3.63) is 29.8 Å². The molecule has 1 heterocycles. The molecule has 25 heavy (non-hydrogen) atoms. The Morgan fingerprint density at radius 2 is 1.88 bits per heavy atom. The van der Waals surface area contributed by atoms with Gasteiger partial charge >= 0.3 is 5.97 Å². The fraction of sp³-hybridized carbons (Fsp3) is 0.588. The number of nitrogens with one attached hydrogen (secondary N) is 1. The van der Waals surface area contributed by atoms with Crippen molar-refractivity contribution >= 4 is 16.2 Å². The third-order valence-electron chi connectivity index (χ3n) is 4.14. The molecule has 0 spiro atoms. The van der Waals surface area contributed by atoms with E-state index in [0.717, 1.165) is 11.3 Å². The fourth-order valence-electron chi connectivity index (χ4n) is 2.77. The van der Waals surface area contributed by atoms with Crippen LogP contribution in [0, 0.1) is 5.92 Å². The minimum Gasteiger partial charge on any atom is -0.491 e. The van der Waals surface area contributed by atoms with Crippen LogP contribution in [0.1, 0.15) is 32.3 Å². The van der Waals surface area contributed by atoms with E-state index in [1.807, 2.05) is 38.1 Å². The number of hydrogen-bond acceptors (Lipinski definition) is 4. The summed E-state index contributed by atoms with van der Waals surface area (Å²) in [5.41, 5.74) is 1.02. The molecule has 1 aliphatic heterocycles. The van der Waals surface area contributed by atoms with Gasteiger partial charge in [0.1, 0.15) is 5.75 Å². The van der Waals surface area contributed by atoms with Gasteiger partial charge in [-0.3, -0.25) is 4.79 Å². The molecule has 1 fully saturated rings. The van der Waals surface area contributed by atoms with Crippen molar-refractivity contribution in [2.75, 3.05) is 19.6 Å². The molecule has 0 aromatic heterocycles. The highest BCUT2D eigenvalue weighted by Gasteiger charge is 2.30. The molecule has 140 valence electrons. The zero-order valence-electron chi connectivity index (χ0n) is 14.6. The van der Waals surface area contributed by atoms with Gasteiger partial charge in [0.15, 0.2) is 0 Å². The van der Waals surface area contributed by atoms with Crippen LogP contribution in [-0.4, -0.2) is 49.5 Å². The van der Waals surface area contributed by atoms with Gasteiger partial charge in [0.25, 0.3) is 10.2 Å². The van der Waals surface area contributed by atoms with Gasteiger partial charge in [-0.1, -0.05) is 12.1 Å². The summed E-state index contributed by atoms with van der Waals surface area (Å²) in [6.07, 6.45) is 1.40. The van der Waals surface area contributed by atoms with Crippen LogP contribution in [-0.2, 0) is 21.4 Å². The van der Waals surface area contributed by atoms with Crippen molar-refractivity contribution in [3.63, 3.8) is 0 Å². The standard InChI is InChI=1S/C17H26N2O5S/c1-13(2)24-16-5-3-14(4-6-16)7-10-18-25(22,23)19-11-8-15(9-12-19)17(20)21/h3-6,13,15,18H,7-12H2,1-2H3,(H,20,21).